The highest BCUT2D eigenvalue weighted by molar-refractivity contribution is 5.85. The Morgan fingerprint density at radius 2 is 1.62 bits per heavy atom. The van der Waals surface area contributed by atoms with Gasteiger partial charge in [-0.25, -0.2) is 14.4 Å². The molecular weight excluding hydrogens is 442 g/mol. The quantitative estimate of drug-likeness (QED) is 0.337. The van der Waals surface area contributed by atoms with Crippen molar-refractivity contribution in [1.82, 2.24) is 16.0 Å². The molecule has 0 aromatic heterocycles. The normalized spacial score (nSPS) is 12.9. The van der Waals surface area contributed by atoms with Gasteiger partial charge in [-0.05, 0) is 51.5 Å². The SMILES string of the molecule is CC(C)[C@H](NC(=O)OCc1ccccc1)C(=O)NCCCC[C@H](NC(=O)OC(C)(C)C)C(=O)O. The van der Waals surface area contributed by atoms with Crippen LogP contribution in [0.4, 0.5) is 9.59 Å². The van der Waals surface area contributed by atoms with Crippen LogP contribution in [0.3, 0.4) is 0 Å². The van der Waals surface area contributed by atoms with Gasteiger partial charge in [0.1, 0.15) is 24.3 Å². The fourth-order valence-electron chi connectivity index (χ4n) is 2.93. The molecule has 0 spiro atoms. The van der Waals surface area contributed by atoms with E-state index in [-0.39, 0.29) is 24.9 Å². The van der Waals surface area contributed by atoms with Crippen LogP contribution in [0.1, 0.15) is 59.4 Å². The number of carbonyl (C=O) groups excluding carboxylic acids is 3. The van der Waals surface area contributed by atoms with E-state index in [0.717, 1.165) is 5.56 Å². The minimum Gasteiger partial charge on any atom is -0.480 e. The van der Waals surface area contributed by atoms with Gasteiger partial charge in [0.2, 0.25) is 5.91 Å². The Morgan fingerprint density at radius 1 is 0.971 bits per heavy atom. The standard InChI is InChI=1S/C24H37N3O7/c1-16(2)19(27-22(31)33-15-17-11-7-6-8-12-17)20(28)25-14-10-9-13-18(21(29)30)26-23(32)34-24(3,4)5/h6-8,11-12,16,18-19H,9-10,13-15H2,1-5H3,(H,25,28)(H,26,32)(H,27,31)(H,29,30)/t18-,19-/m0/s1. The number of hydrogen-bond donors (Lipinski definition) is 4. The molecule has 0 fully saturated rings. The zero-order valence-corrected chi connectivity index (χ0v) is 20.6. The van der Waals surface area contributed by atoms with Gasteiger partial charge in [0.05, 0.1) is 0 Å². The molecular formula is C24H37N3O7. The molecule has 0 aliphatic carbocycles. The van der Waals surface area contributed by atoms with Crippen LogP contribution < -0.4 is 16.0 Å². The van der Waals surface area contributed by atoms with Gasteiger partial charge in [-0.2, -0.15) is 0 Å². The first-order valence-electron chi connectivity index (χ1n) is 11.4. The molecule has 10 heteroatoms. The zero-order valence-electron chi connectivity index (χ0n) is 20.6. The van der Waals surface area contributed by atoms with E-state index in [1.165, 1.54) is 0 Å². The van der Waals surface area contributed by atoms with Crippen LogP contribution in [-0.2, 0) is 25.7 Å². The summed E-state index contributed by atoms with van der Waals surface area (Å²) >= 11 is 0. The second-order valence-electron chi connectivity index (χ2n) is 9.25. The number of carboxylic acids is 1. The maximum atomic E-state index is 12.5. The second kappa shape index (κ2) is 14.1. The molecule has 0 saturated heterocycles. The molecule has 4 N–H and O–H groups in total. The molecule has 0 bridgehead atoms. The number of benzene rings is 1. The topological polar surface area (TPSA) is 143 Å². The van der Waals surface area contributed by atoms with Crippen molar-refractivity contribution in [2.45, 2.75) is 78.2 Å². The van der Waals surface area contributed by atoms with Crippen molar-refractivity contribution in [2.75, 3.05) is 6.54 Å². The van der Waals surface area contributed by atoms with Crippen molar-refractivity contribution < 1.29 is 33.8 Å². The van der Waals surface area contributed by atoms with Gasteiger partial charge < -0.3 is 30.5 Å². The van der Waals surface area contributed by atoms with Gasteiger partial charge in [0.25, 0.3) is 0 Å². The van der Waals surface area contributed by atoms with Crippen molar-refractivity contribution in [3.05, 3.63) is 35.9 Å². The van der Waals surface area contributed by atoms with Crippen LogP contribution >= 0.6 is 0 Å². The lowest BCUT2D eigenvalue weighted by Gasteiger charge is -2.22. The highest BCUT2D eigenvalue weighted by Gasteiger charge is 2.25. The fourth-order valence-corrected chi connectivity index (χ4v) is 2.93. The summed E-state index contributed by atoms with van der Waals surface area (Å²) in [7, 11) is 0. The van der Waals surface area contributed by atoms with E-state index in [1.54, 1.807) is 20.8 Å². The number of rotatable bonds is 12. The summed E-state index contributed by atoms with van der Waals surface area (Å²) in [4.78, 5) is 47.8. The van der Waals surface area contributed by atoms with Crippen molar-refractivity contribution in [1.29, 1.82) is 0 Å². The number of amides is 3. The average Bonchev–Trinajstić information content (AvgIpc) is 2.73. The van der Waals surface area contributed by atoms with Gasteiger partial charge in [0, 0.05) is 6.54 Å². The predicted molar refractivity (Wildman–Crippen MR) is 126 cm³/mol. The second-order valence-corrected chi connectivity index (χ2v) is 9.25. The van der Waals surface area contributed by atoms with Crippen LogP contribution in [0.25, 0.3) is 0 Å². The van der Waals surface area contributed by atoms with E-state index < -0.39 is 35.8 Å². The lowest BCUT2D eigenvalue weighted by Crippen LogP contribution is -2.50. The summed E-state index contributed by atoms with van der Waals surface area (Å²) in [6.45, 7) is 9.07. The number of aliphatic carboxylic acids is 1. The summed E-state index contributed by atoms with van der Waals surface area (Å²) in [6.07, 6.45) is -0.350. The molecule has 0 unspecified atom stereocenters. The Morgan fingerprint density at radius 3 is 2.18 bits per heavy atom. The molecule has 3 amide bonds. The molecule has 34 heavy (non-hydrogen) atoms. The minimum atomic E-state index is -1.16. The van der Waals surface area contributed by atoms with Gasteiger partial charge in [0.15, 0.2) is 0 Å². The Bertz CT molecular complexity index is 807. The van der Waals surface area contributed by atoms with E-state index in [4.69, 9.17) is 9.47 Å². The van der Waals surface area contributed by atoms with E-state index in [1.807, 2.05) is 44.2 Å². The van der Waals surface area contributed by atoms with Gasteiger partial charge in [-0.15, -0.1) is 0 Å². The van der Waals surface area contributed by atoms with Crippen molar-refractivity contribution in [2.24, 2.45) is 5.92 Å². The maximum absolute atomic E-state index is 12.5. The van der Waals surface area contributed by atoms with Gasteiger partial charge in [-0.3, -0.25) is 4.79 Å². The van der Waals surface area contributed by atoms with Gasteiger partial charge in [-0.1, -0.05) is 44.2 Å². The number of ether oxygens (including phenoxy) is 2. The molecule has 1 aromatic carbocycles. The summed E-state index contributed by atoms with van der Waals surface area (Å²) in [5.74, 6) is -1.68. The van der Waals surface area contributed by atoms with Crippen molar-refractivity contribution in [3.8, 4) is 0 Å². The fraction of sp³-hybridized carbons (Fsp3) is 0.583. The third-order valence-electron chi connectivity index (χ3n) is 4.64. The molecule has 190 valence electrons. The van der Waals surface area contributed by atoms with E-state index >= 15 is 0 Å². The Balaban J connectivity index is 2.40. The first kappa shape index (κ1) is 28.7. The Labute approximate surface area is 200 Å². The molecule has 0 aliphatic heterocycles. The Kier molecular flexibility index (Phi) is 11.9. The van der Waals surface area contributed by atoms with Crippen molar-refractivity contribution in [3.63, 3.8) is 0 Å². The maximum Gasteiger partial charge on any atom is 0.408 e. The summed E-state index contributed by atoms with van der Waals surface area (Å²) < 4.78 is 10.3. The van der Waals surface area contributed by atoms with Crippen LogP contribution in [-0.4, -0.2) is 53.4 Å². The highest BCUT2D eigenvalue weighted by Crippen LogP contribution is 2.09. The van der Waals surface area contributed by atoms with Gasteiger partial charge >= 0.3 is 18.2 Å². The smallest absolute Gasteiger partial charge is 0.408 e. The van der Waals surface area contributed by atoms with Crippen LogP contribution in [0.5, 0.6) is 0 Å². The molecule has 1 aromatic rings. The molecule has 2 atom stereocenters. The molecule has 0 saturated carbocycles. The number of hydrogen-bond acceptors (Lipinski definition) is 6. The Hall–Kier alpha value is -3.30. The third kappa shape index (κ3) is 12.1. The first-order valence-corrected chi connectivity index (χ1v) is 11.4. The van der Waals surface area contributed by atoms with Crippen LogP contribution in [0.2, 0.25) is 0 Å². The summed E-state index contributed by atoms with van der Waals surface area (Å²) in [5, 5.41) is 17.0. The van der Waals surface area contributed by atoms with Crippen molar-refractivity contribution >= 4 is 24.1 Å². The molecule has 10 nitrogen and oxygen atoms in total. The number of carbonyl (C=O) groups is 4. The molecule has 0 aliphatic rings. The summed E-state index contributed by atoms with van der Waals surface area (Å²) in [6, 6.07) is 7.34. The molecule has 0 heterocycles. The number of alkyl carbamates (subject to hydrolysis) is 2. The van der Waals surface area contributed by atoms with E-state index in [9.17, 15) is 24.3 Å². The summed E-state index contributed by atoms with van der Waals surface area (Å²) in [5.41, 5.74) is 0.107. The number of unbranched alkanes of at least 4 members (excludes halogenated alkanes) is 1. The number of carboxylic acid groups (broad SMARTS) is 1. The number of nitrogens with one attached hydrogen (secondary N) is 3. The average molecular weight is 480 g/mol. The lowest BCUT2D eigenvalue weighted by atomic mass is 10.0. The van der Waals surface area contributed by atoms with Crippen LogP contribution in [0, 0.1) is 5.92 Å². The van der Waals surface area contributed by atoms with E-state index in [0.29, 0.717) is 19.4 Å². The first-order chi connectivity index (χ1) is 15.9. The lowest BCUT2D eigenvalue weighted by molar-refractivity contribution is -0.139. The highest BCUT2D eigenvalue weighted by atomic mass is 16.6. The zero-order chi connectivity index (χ0) is 25.7. The minimum absolute atomic E-state index is 0.0984. The predicted octanol–water partition coefficient (Wildman–Crippen LogP) is 3.20. The largest absolute Gasteiger partial charge is 0.480 e. The monoisotopic (exact) mass is 479 g/mol. The van der Waals surface area contributed by atoms with Crippen LogP contribution in [0.15, 0.2) is 30.3 Å². The van der Waals surface area contributed by atoms with E-state index in [2.05, 4.69) is 16.0 Å². The molecule has 0 radical (unpaired) electrons. The molecule has 1 rings (SSSR count). The third-order valence-corrected chi connectivity index (χ3v) is 4.64.